The molecule has 3 heterocycles. The summed E-state index contributed by atoms with van der Waals surface area (Å²) in [6, 6.07) is -0.214. The fourth-order valence-electron chi connectivity index (χ4n) is 2.51. The molecule has 0 radical (unpaired) electrons. The number of imidazole rings is 1. The van der Waals surface area contributed by atoms with Crippen LogP contribution in [0.3, 0.4) is 0 Å². The Morgan fingerprint density at radius 2 is 2.15 bits per heavy atom. The Hall–Kier alpha value is -1.32. The second-order valence-electron chi connectivity index (χ2n) is 4.85. The molecule has 2 aromatic rings. The minimum atomic E-state index is -3.20. The fraction of sp³-hybridized carbons (Fsp3) is 0.545. The molecule has 2 aromatic heterocycles. The van der Waals surface area contributed by atoms with Gasteiger partial charge in [-0.25, -0.2) is 18.4 Å². The normalized spacial score (nSPS) is 20.1. The van der Waals surface area contributed by atoms with Crippen LogP contribution >= 0.6 is 11.5 Å². The lowest BCUT2D eigenvalue weighted by Crippen LogP contribution is -2.40. The molecule has 0 aliphatic carbocycles. The molecule has 0 bridgehead atoms. The summed E-state index contributed by atoms with van der Waals surface area (Å²) in [6.45, 7) is 4.76. The molecule has 7 nitrogen and oxygen atoms in total. The first-order valence-corrected chi connectivity index (χ1v) is 8.83. The maximum Gasteiger partial charge on any atom is 0.211 e. The van der Waals surface area contributed by atoms with E-state index in [0.29, 0.717) is 13.1 Å². The summed E-state index contributed by atoms with van der Waals surface area (Å²) in [5.41, 5.74) is 0.893. The topological polar surface area (TPSA) is 81.0 Å². The smallest absolute Gasteiger partial charge is 0.211 e. The Balaban J connectivity index is 2.03. The van der Waals surface area contributed by atoms with Crippen LogP contribution in [0.1, 0.15) is 24.5 Å². The van der Waals surface area contributed by atoms with E-state index in [0.717, 1.165) is 22.4 Å². The van der Waals surface area contributed by atoms with Crippen LogP contribution in [0.4, 0.5) is 0 Å². The van der Waals surface area contributed by atoms with Crippen molar-refractivity contribution in [1.29, 1.82) is 0 Å². The van der Waals surface area contributed by atoms with E-state index >= 15 is 0 Å². The monoisotopic (exact) mass is 313 g/mol. The molecule has 0 amide bonds. The minimum Gasteiger partial charge on any atom is -0.323 e. The van der Waals surface area contributed by atoms with Crippen LogP contribution < -0.4 is 0 Å². The van der Waals surface area contributed by atoms with Crippen molar-refractivity contribution < 1.29 is 8.42 Å². The van der Waals surface area contributed by atoms with Gasteiger partial charge in [0.15, 0.2) is 10.8 Å². The summed E-state index contributed by atoms with van der Waals surface area (Å²) in [4.78, 5) is 8.74. The third kappa shape index (κ3) is 2.15. The summed E-state index contributed by atoms with van der Waals surface area (Å²) in [7, 11) is -3.20. The maximum absolute atomic E-state index is 11.8. The molecule has 1 aliphatic rings. The summed E-state index contributed by atoms with van der Waals surface area (Å²) >= 11 is 1.31. The lowest BCUT2D eigenvalue weighted by atomic mass is 10.2. The van der Waals surface area contributed by atoms with E-state index in [1.54, 1.807) is 6.20 Å². The second kappa shape index (κ2) is 4.61. The Labute approximate surface area is 121 Å². The van der Waals surface area contributed by atoms with E-state index in [1.807, 2.05) is 18.4 Å². The minimum absolute atomic E-state index is 0.214. The van der Waals surface area contributed by atoms with Crippen molar-refractivity contribution in [2.45, 2.75) is 26.4 Å². The van der Waals surface area contributed by atoms with Crippen LogP contribution in [0, 0.1) is 6.92 Å². The van der Waals surface area contributed by atoms with Gasteiger partial charge in [-0.2, -0.15) is 8.68 Å². The molecule has 0 saturated heterocycles. The Kier molecular flexibility index (Phi) is 3.14. The molecular formula is C11H15N5O2S2. The lowest BCUT2D eigenvalue weighted by Gasteiger charge is -2.32. The SMILES string of the molecule is Cc1nsc(-c2ncc3n2CCN(S(C)(=O)=O)C3C)n1. The van der Waals surface area contributed by atoms with Crippen molar-refractivity contribution in [2.75, 3.05) is 12.8 Å². The molecule has 1 atom stereocenters. The number of hydrogen-bond donors (Lipinski definition) is 0. The van der Waals surface area contributed by atoms with Crippen LogP contribution in [0.2, 0.25) is 0 Å². The van der Waals surface area contributed by atoms with E-state index in [4.69, 9.17) is 0 Å². The third-order valence-electron chi connectivity index (χ3n) is 3.44. The fourth-order valence-corrected chi connectivity index (χ4v) is 4.28. The van der Waals surface area contributed by atoms with Crippen molar-refractivity contribution in [3.05, 3.63) is 17.7 Å². The van der Waals surface area contributed by atoms with Crippen molar-refractivity contribution in [2.24, 2.45) is 0 Å². The van der Waals surface area contributed by atoms with E-state index < -0.39 is 10.0 Å². The highest BCUT2D eigenvalue weighted by Crippen LogP contribution is 2.31. The largest absolute Gasteiger partial charge is 0.323 e. The Morgan fingerprint density at radius 3 is 2.75 bits per heavy atom. The van der Waals surface area contributed by atoms with Gasteiger partial charge in [0, 0.05) is 13.1 Å². The Morgan fingerprint density at radius 1 is 1.40 bits per heavy atom. The molecule has 3 rings (SSSR count). The summed E-state index contributed by atoms with van der Waals surface area (Å²) < 4.78 is 31.2. The molecule has 9 heteroatoms. The number of aromatic nitrogens is 4. The molecule has 0 saturated carbocycles. The molecule has 20 heavy (non-hydrogen) atoms. The zero-order valence-corrected chi connectivity index (χ0v) is 13.1. The number of hydrogen-bond acceptors (Lipinski definition) is 6. The first-order valence-electron chi connectivity index (χ1n) is 6.21. The molecule has 108 valence electrons. The Bertz CT molecular complexity index is 749. The third-order valence-corrected chi connectivity index (χ3v) is 5.59. The van der Waals surface area contributed by atoms with Gasteiger partial charge in [-0.05, 0) is 25.4 Å². The van der Waals surface area contributed by atoms with Gasteiger partial charge >= 0.3 is 0 Å². The zero-order valence-electron chi connectivity index (χ0n) is 11.4. The second-order valence-corrected chi connectivity index (χ2v) is 7.54. The molecule has 0 N–H and O–H groups in total. The standard InChI is InChI=1S/C11H15N5O2S2/c1-7-9-6-12-10(11-13-8(2)14-19-11)15(9)4-5-16(7)20(3,17)18/h6-7H,4-5H2,1-3H3. The van der Waals surface area contributed by atoms with Gasteiger partial charge in [-0.15, -0.1) is 0 Å². The molecule has 0 fully saturated rings. The molecule has 0 aromatic carbocycles. The van der Waals surface area contributed by atoms with Crippen molar-refractivity contribution in [3.8, 4) is 10.8 Å². The van der Waals surface area contributed by atoms with E-state index in [2.05, 4.69) is 14.3 Å². The van der Waals surface area contributed by atoms with E-state index in [-0.39, 0.29) is 6.04 Å². The van der Waals surface area contributed by atoms with E-state index in [9.17, 15) is 8.42 Å². The molecule has 0 spiro atoms. The highest BCUT2D eigenvalue weighted by atomic mass is 32.2. The summed E-state index contributed by atoms with van der Waals surface area (Å²) in [5.74, 6) is 1.49. The highest BCUT2D eigenvalue weighted by Gasteiger charge is 2.32. The molecule has 1 aliphatic heterocycles. The van der Waals surface area contributed by atoms with Crippen molar-refractivity contribution in [3.63, 3.8) is 0 Å². The van der Waals surface area contributed by atoms with Crippen molar-refractivity contribution in [1.82, 2.24) is 23.2 Å². The van der Waals surface area contributed by atoms with Gasteiger partial charge in [0.1, 0.15) is 5.82 Å². The lowest BCUT2D eigenvalue weighted by molar-refractivity contribution is 0.285. The van der Waals surface area contributed by atoms with Crippen molar-refractivity contribution >= 4 is 21.6 Å². The average Bonchev–Trinajstić information content (AvgIpc) is 2.94. The van der Waals surface area contributed by atoms with E-state index in [1.165, 1.54) is 22.1 Å². The number of sulfonamides is 1. The van der Waals surface area contributed by atoms with Gasteiger partial charge in [0.05, 0.1) is 24.2 Å². The van der Waals surface area contributed by atoms with Crippen LogP contribution in [-0.4, -0.2) is 44.4 Å². The first-order chi connectivity index (χ1) is 9.38. The highest BCUT2D eigenvalue weighted by molar-refractivity contribution is 7.88. The molecule has 1 unspecified atom stereocenters. The van der Waals surface area contributed by atoms with Gasteiger partial charge in [0.25, 0.3) is 0 Å². The number of rotatable bonds is 2. The zero-order chi connectivity index (χ0) is 14.5. The van der Waals surface area contributed by atoms with Gasteiger partial charge in [-0.3, -0.25) is 0 Å². The quantitative estimate of drug-likeness (QED) is 0.827. The van der Waals surface area contributed by atoms with Gasteiger partial charge in [0.2, 0.25) is 10.0 Å². The number of aryl methyl sites for hydroxylation is 1. The van der Waals surface area contributed by atoms with Crippen LogP contribution in [0.5, 0.6) is 0 Å². The first kappa shape index (κ1) is 13.7. The van der Waals surface area contributed by atoms with Gasteiger partial charge < -0.3 is 4.57 Å². The average molecular weight is 313 g/mol. The van der Waals surface area contributed by atoms with Crippen LogP contribution in [0.25, 0.3) is 10.8 Å². The van der Waals surface area contributed by atoms with Gasteiger partial charge in [-0.1, -0.05) is 0 Å². The predicted molar refractivity (Wildman–Crippen MR) is 75.8 cm³/mol. The predicted octanol–water partition coefficient (Wildman–Crippen LogP) is 1.05. The maximum atomic E-state index is 11.8. The summed E-state index contributed by atoms with van der Waals surface area (Å²) in [6.07, 6.45) is 2.97. The van der Waals surface area contributed by atoms with Crippen LogP contribution in [-0.2, 0) is 16.6 Å². The molecular weight excluding hydrogens is 298 g/mol. The summed E-state index contributed by atoms with van der Waals surface area (Å²) in [5, 5.41) is 0.772. The number of nitrogens with zero attached hydrogens (tertiary/aromatic N) is 5. The number of fused-ring (bicyclic) bond motifs is 1. The van der Waals surface area contributed by atoms with Crippen LogP contribution in [0.15, 0.2) is 6.20 Å².